The summed E-state index contributed by atoms with van der Waals surface area (Å²) in [6, 6.07) is 7.04. The maximum atomic E-state index is 9.70. The van der Waals surface area contributed by atoms with Gasteiger partial charge in [0.1, 0.15) is 16.9 Å². The number of aromatic nitrogens is 4. The van der Waals surface area contributed by atoms with E-state index in [0.29, 0.717) is 11.7 Å². The highest BCUT2D eigenvalue weighted by atomic mass is 32.1. The van der Waals surface area contributed by atoms with Crippen LogP contribution >= 0.6 is 11.3 Å². The zero-order valence-corrected chi connectivity index (χ0v) is 14.0. The highest BCUT2D eigenvalue weighted by Gasteiger charge is 2.23. The largest absolute Gasteiger partial charge is 0.508 e. The summed E-state index contributed by atoms with van der Waals surface area (Å²) in [5.41, 5.74) is 3.08. The maximum absolute atomic E-state index is 9.70. The molecule has 1 N–H and O–H groups in total. The second-order valence-corrected chi connectivity index (χ2v) is 7.61. The standard InChI is InChI=1S/C18H16N4OS/c1-10-5-6-14-13(7-10)15-17-20-16(11-3-2-4-12(23)8-11)21-22(17)9-19-18(15)24-14/h2-4,8-10,23H,5-7H2,1H3. The third-order valence-corrected chi connectivity index (χ3v) is 5.93. The molecule has 0 bridgehead atoms. The zero-order chi connectivity index (χ0) is 16.3. The predicted octanol–water partition coefficient (Wildman–Crippen LogP) is 3.84. The molecule has 3 heterocycles. The van der Waals surface area contributed by atoms with Crippen molar-refractivity contribution in [2.75, 3.05) is 0 Å². The van der Waals surface area contributed by atoms with Crippen LogP contribution in [0.4, 0.5) is 0 Å². The number of phenols is 1. The second kappa shape index (κ2) is 5.01. The first-order valence-electron chi connectivity index (χ1n) is 8.14. The van der Waals surface area contributed by atoms with Crippen molar-refractivity contribution in [3.63, 3.8) is 0 Å². The van der Waals surface area contributed by atoms with Crippen molar-refractivity contribution in [3.8, 4) is 17.1 Å². The fraction of sp³-hybridized carbons (Fsp3) is 0.278. The molecule has 24 heavy (non-hydrogen) atoms. The molecule has 1 unspecified atom stereocenters. The number of thiophene rings is 1. The SMILES string of the molecule is CC1CCc2sc3ncn4nc(-c5cccc(O)c5)nc4c3c2C1. The van der Waals surface area contributed by atoms with Crippen LogP contribution in [0.25, 0.3) is 27.3 Å². The second-order valence-electron chi connectivity index (χ2n) is 6.53. The molecule has 0 amide bonds. The van der Waals surface area contributed by atoms with E-state index >= 15 is 0 Å². The summed E-state index contributed by atoms with van der Waals surface area (Å²) >= 11 is 1.79. The topological polar surface area (TPSA) is 63.3 Å². The number of hydrogen-bond donors (Lipinski definition) is 1. The molecular formula is C18H16N4OS. The monoisotopic (exact) mass is 336 g/mol. The fourth-order valence-corrected chi connectivity index (χ4v) is 4.69. The Morgan fingerprint density at radius 2 is 2.25 bits per heavy atom. The summed E-state index contributed by atoms with van der Waals surface area (Å²) in [6.07, 6.45) is 5.21. The minimum absolute atomic E-state index is 0.219. The quantitative estimate of drug-likeness (QED) is 0.574. The molecule has 4 aromatic rings. The smallest absolute Gasteiger partial charge is 0.182 e. The average molecular weight is 336 g/mol. The van der Waals surface area contributed by atoms with Crippen molar-refractivity contribution in [1.29, 1.82) is 0 Å². The van der Waals surface area contributed by atoms with Crippen LogP contribution in [0.15, 0.2) is 30.6 Å². The number of aromatic hydroxyl groups is 1. The van der Waals surface area contributed by atoms with E-state index in [1.54, 1.807) is 40.4 Å². The predicted molar refractivity (Wildman–Crippen MR) is 94.5 cm³/mol. The number of benzene rings is 1. The molecule has 1 aromatic carbocycles. The van der Waals surface area contributed by atoms with Crippen LogP contribution in [0.3, 0.4) is 0 Å². The Hall–Kier alpha value is -2.47. The average Bonchev–Trinajstić information content (AvgIpc) is 3.15. The van der Waals surface area contributed by atoms with Gasteiger partial charge in [0.2, 0.25) is 0 Å². The van der Waals surface area contributed by atoms with Gasteiger partial charge in [-0.3, -0.25) is 0 Å². The molecule has 5 nitrogen and oxygen atoms in total. The Bertz CT molecular complexity index is 1080. The van der Waals surface area contributed by atoms with Gasteiger partial charge in [-0.05, 0) is 42.9 Å². The van der Waals surface area contributed by atoms with Crippen molar-refractivity contribution in [3.05, 3.63) is 41.0 Å². The summed E-state index contributed by atoms with van der Waals surface area (Å²) in [5.74, 6) is 1.53. The minimum Gasteiger partial charge on any atom is -0.508 e. The van der Waals surface area contributed by atoms with Gasteiger partial charge in [-0.2, -0.15) is 0 Å². The number of phenolic OH excluding ortho intramolecular Hbond substituents is 1. The minimum atomic E-state index is 0.219. The van der Waals surface area contributed by atoms with Crippen molar-refractivity contribution >= 4 is 27.2 Å². The number of aryl methyl sites for hydroxylation is 1. The van der Waals surface area contributed by atoms with Crippen molar-refractivity contribution in [1.82, 2.24) is 19.6 Å². The Morgan fingerprint density at radius 3 is 3.12 bits per heavy atom. The van der Waals surface area contributed by atoms with Gasteiger partial charge < -0.3 is 5.11 Å². The van der Waals surface area contributed by atoms with Crippen LogP contribution in [0, 0.1) is 5.92 Å². The van der Waals surface area contributed by atoms with E-state index in [1.165, 1.54) is 16.9 Å². The first-order chi connectivity index (χ1) is 11.7. The number of rotatable bonds is 1. The van der Waals surface area contributed by atoms with E-state index in [9.17, 15) is 5.11 Å². The number of hydrogen-bond acceptors (Lipinski definition) is 5. The Morgan fingerprint density at radius 1 is 1.33 bits per heavy atom. The van der Waals surface area contributed by atoms with Crippen LogP contribution < -0.4 is 0 Å². The Kier molecular flexibility index (Phi) is 2.91. The van der Waals surface area contributed by atoms with Gasteiger partial charge in [0.15, 0.2) is 11.5 Å². The lowest BCUT2D eigenvalue weighted by Crippen LogP contribution is -2.09. The molecule has 0 spiro atoms. The molecule has 0 aliphatic heterocycles. The molecule has 1 aliphatic carbocycles. The number of nitrogens with zero attached hydrogens (tertiary/aromatic N) is 4. The lowest BCUT2D eigenvalue weighted by Gasteiger charge is -2.17. The molecule has 120 valence electrons. The van der Waals surface area contributed by atoms with Crippen molar-refractivity contribution < 1.29 is 5.11 Å². The van der Waals surface area contributed by atoms with Gasteiger partial charge in [0.25, 0.3) is 0 Å². The summed E-state index contributed by atoms with van der Waals surface area (Å²) in [4.78, 5) is 11.9. The van der Waals surface area contributed by atoms with E-state index in [0.717, 1.165) is 34.3 Å². The van der Waals surface area contributed by atoms with Crippen LogP contribution in [0.5, 0.6) is 5.75 Å². The molecule has 3 aromatic heterocycles. The first-order valence-corrected chi connectivity index (χ1v) is 8.96. The highest BCUT2D eigenvalue weighted by molar-refractivity contribution is 7.19. The third-order valence-electron chi connectivity index (χ3n) is 4.73. The zero-order valence-electron chi connectivity index (χ0n) is 13.2. The van der Waals surface area contributed by atoms with E-state index in [-0.39, 0.29) is 5.75 Å². The van der Waals surface area contributed by atoms with Crippen molar-refractivity contribution in [2.24, 2.45) is 5.92 Å². The van der Waals surface area contributed by atoms with Crippen molar-refractivity contribution in [2.45, 2.75) is 26.2 Å². The van der Waals surface area contributed by atoms with E-state index < -0.39 is 0 Å². The van der Waals surface area contributed by atoms with Gasteiger partial charge in [-0.25, -0.2) is 14.5 Å². The molecule has 0 radical (unpaired) electrons. The molecule has 0 saturated carbocycles. The van der Waals surface area contributed by atoms with E-state index in [2.05, 4.69) is 17.0 Å². The molecule has 0 fully saturated rings. The van der Waals surface area contributed by atoms with Crippen LogP contribution in [0.1, 0.15) is 23.8 Å². The van der Waals surface area contributed by atoms with Gasteiger partial charge >= 0.3 is 0 Å². The molecule has 0 saturated heterocycles. The molecular weight excluding hydrogens is 320 g/mol. The summed E-state index contributed by atoms with van der Waals surface area (Å²) in [7, 11) is 0. The first kappa shape index (κ1) is 13.9. The molecule has 5 rings (SSSR count). The van der Waals surface area contributed by atoms with Crippen LogP contribution in [-0.2, 0) is 12.8 Å². The normalized spacial score (nSPS) is 17.5. The van der Waals surface area contributed by atoms with E-state index in [1.807, 2.05) is 6.07 Å². The summed E-state index contributed by atoms with van der Waals surface area (Å²) in [6.45, 7) is 2.31. The number of fused-ring (bicyclic) bond motifs is 5. The van der Waals surface area contributed by atoms with Gasteiger partial charge in [-0.15, -0.1) is 16.4 Å². The third kappa shape index (κ3) is 2.03. The molecule has 6 heteroatoms. The highest BCUT2D eigenvalue weighted by Crippen LogP contribution is 2.38. The van der Waals surface area contributed by atoms with E-state index in [4.69, 9.17) is 4.98 Å². The van der Waals surface area contributed by atoms with Crippen LogP contribution in [-0.4, -0.2) is 24.7 Å². The maximum Gasteiger partial charge on any atom is 0.182 e. The lowest BCUT2D eigenvalue weighted by atomic mass is 9.89. The Balaban J connectivity index is 1.77. The molecule has 1 atom stereocenters. The summed E-state index contributed by atoms with van der Waals surface area (Å²) in [5, 5.41) is 15.4. The Labute approximate surface area is 142 Å². The van der Waals surface area contributed by atoms with Crippen LogP contribution in [0.2, 0.25) is 0 Å². The lowest BCUT2D eigenvalue weighted by molar-refractivity contribution is 0.475. The summed E-state index contributed by atoms with van der Waals surface area (Å²) < 4.78 is 1.76. The van der Waals surface area contributed by atoms with Gasteiger partial charge in [0.05, 0.1) is 5.39 Å². The van der Waals surface area contributed by atoms with Gasteiger partial charge in [-0.1, -0.05) is 19.1 Å². The fourth-order valence-electron chi connectivity index (χ4n) is 3.51. The molecule has 1 aliphatic rings. The van der Waals surface area contributed by atoms with Gasteiger partial charge in [0, 0.05) is 10.4 Å².